The highest BCUT2D eigenvalue weighted by molar-refractivity contribution is 5.93. The number of rotatable bonds is 4. The van der Waals surface area contributed by atoms with Gasteiger partial charge in [0.05, 0.1) is 41.0 Å². The van der Waals surface area contributed by atoms with Crippen LogP contribution in [-0.2, 0) is 7.05 Å². The second kappa shape index (κ2) is 7.42. The van der Waals surface area contributed by atoms with Gasteiger partial charge in [-0.15, -0.1) is 0 Å². The fourth-order valence-corrected chi connectivity index (χ4v) is 3.84. The third-order valence-electron chi connectivity index (χ3n) is 5.38. The normalized spacial score (nSPS) is 11.4. The summed E-state index contributed by atoms with van der Waals surface area (Å²) in [5.41, 5.74) is 4.95. The molecule has 0 aliphatic heterocycles. The second-order valence-corrected chi connectivity index (χ2v) is 7.17. The third kappa shape index (κ3) is 2.96. The molecule has 0 saturated heterocycles. The Hall–Kier alpha value is -4.32. The van der Waals surface area contributed by atoms with Crippen molar-refractivity contribution in [3.8, 4) is 34.5 Å². The van der Waals surface area contributed by atoms with Crippen molar-refractivity contribution < 1.29 is 13.5 Å². The highest BCUT2D eigenvalue weighted by Gasteiger charge is 2.21. The van der Waals surface area contributed by atoms with Crippen molar-refractivity contribution in [3.63, 3.8) is 0 Å². The molecule has 5 aromatic rings. The Balaban J connectivity index is 1.81. The van der Waals surface area contributed by atoms with Crippen LogP contribution in [0.5, 0.6) is 6.01 Å². The molecule has 3 heterocycles. The zero-order chi connectivity index (χ0) is 22.4. The second-order valence-electron chi connectivity index (χ2n) is 7.17. The molecule has 0 aliphatic carbocycles. The van der Waals surface area contributed by atoms with Gasteiger partial charge in [0.15, 0.2) is 11.5 Å². The summed E-state index contributed by atoms with van der Waals surface area (Å²) in [5, 5.41) is 9.13. The fourth-order valence-electron chi connectivity index (χ4n) is 3.84. The van der Waals surface area contributed by atoms with Crippen LogP contribution in [0.2, 0.25) is 0 Å². The largest absolute Gasteiger partial charge is 0.468 e. The Labute approximate surface area is 181 Å². The van der Waals surface area contributed by atoms with E-state index in [-0.39, 0.29) is 5.82 Å². The summed E-state index contributed by atoms with van der Waals surface area (Å²) in [4.78, 5) is 13.3. The number of ether oxygens (including phenoxy) is 1. The van der Waals surface area contributed by atoms with Gasteiger partial charge in [0.1, 0.15) is 0 Å². The van der Waals surface area contributed by atoms with E-state index < -0.39 is 6.43 Å². The summed E-state index contributed by atoms with van der Waals surface area (Å²) in [6.45, 7) is 0. The monoisotopic (exact) mass is 430 g/mol. The lowest BCUT2D eigenvalue weighted by atomic mass is 9.99. The van der Waals surface area contributed by atoms with Crippen LogP contribution in [0.25, 0.3) is 39.1 Å². The Morgan fingerprint density at radius 2 is 1.81 bits per heavy atom. The minimum absolute atomic E-state index is 0.289. The van der Waals surface area contributed by atoms with Crippen LogP contribution in [0, 0.1) is 11.3 Å². The van der Waals surface area contributed by atoms with E-state index >= 15 is 0 Å². The first-order valence-electron chi connectivity index (χ1n) is 9.68. The Morgan fingerprint density at radius 3 is 2.50 bits per heavy atom. The summed E-state index contributed by atoms with van der Waals surface area (Å²) in [7, 11) is 3.09. The molecule has 0 bridgehead atoms. The molecule has 3 aromatic heterocycles. The van der Waals surface area contributed by atoms with Crippen molar-refractivity contribution in [2.45, 2.75) is 6.43 Å². The average molecular weight is 430 g/mol. The zero-order valence-electron chi connectivity index (χ0n) is 17.1. The first-order valence-corrected chi connectivity index (χ1v) is 9.68. The minimum Gasteiger partial charge on any atom is -0.468 e. The van der Waals surface area contributed by atoms with Gasteiger partial charge < -0.3 is 9.30 Å². The summed E-state index contributed by atoms with van der Waals surface area (Å²) in [6, 6.07) is 14.8. The number of imidazole rings is 2. The summed E-state index contributed by atoms with van der Waals surface area (Å²) < 4.78 is 35.3. The number of benzene rings is 2. The number of hydrogen-bond acceptors (Lipinski definition) is 5. The fraction of sp³-hybridized carbons (Fsp3) is 0.130. The molecule has 0 saturated carbocycles. The lowest BCUT2D eigenvalue weighted by molar-refractivity contribution is 0.137. The van der Waals surface area contributed by atoms with E-state index in [1.807, 2.05) is 6.07 Å². The first kappa shape index (κ1) is 19.6. The molecule has 0 radical (unpaired) electrons. The molecule has 158 valence electrons. The van der Waals surface area contributed by atoms with Gasteiger partial charge >= 0.3 is 6.01 Å². The number of alkyl halides is 2. The van der Waals surface area contributed by atoms with Gasteiger partial charge in [-0.05, 0) is 29.8 Å². The predicted octanol–water partition coefficient (Wildman–Crippen LogP) is 4.77. The van der Waals surface area contributed by atoms with Crippen LogP contribution in [0.1, 0.15) is 17.8 Å². The maximum Gasteiger partial charge on any atom is 0.302 e. The molecular formula is C23H16F2N6O. The van der Waals surface area contributed by atoms with Crippen LogP contribution in [0.15, 0.2) is 54.9 Å². The number of aryl methyl sites for hydroxylation is 1. The molecule has 0 atom stereocenters. The molecule has 0 unspecified atom stereocenters. The van der Waals surface area contributed by atoms with Crippen LogP contribution in [0.3, 0.4) is 0 Å². The van der Waals surface area contributed by atoms with Crippen molar-refractivity contribution in [2.24, 2.45) is 7.05 Å². The van der Waals surface area contributed by atoms with Gasteiger partial charge in [0.2, 0.25) is 0 Å². The van der Waals surface area contributed by atoms with E-state index in [1.54, 1.807) is 60.2 Å². The molecule has 9 heteroatoms. The van der Waals surface area contributed by atoms with Crippen LogP contribution < -0.4 is 4.74 Å². The number of nitrogens with zero attached hydrogens (tertiary/aromatic N) is 6. The van der Waals surface area contributed by atoms with Gasteiger partial charge in [0, 0.05) is 25.0 Å². The number of hydrogen-bond donors (Lipinski definition) is 0. The molecule has 5 rings (SSSR count). The van der Waals surface area contributed by atoms with Crippen LogP contribution in [0.4, 0.5) is 8.78 Å². The van der Waals surface area contributed by atoms with Gasteiger partial charge in [-0.1, -0.05) is 18.2 Å². The lowest BCUT2D eigenvalue weighted by Gasteiger charge is -2.14. The molecule has 0 aliphatic rings. The van der Waals surface area contributed by atoms with Crippen LogP contribution in [-0.4, -0.2) is 31.0 Å². The van der Waals surface area contributed by atoms with Gasteiger partial charge in [-0.3, -0.25) is 4.40 Å². The van der Waals surface area contributed by atoms with Crippen molar-refractivity contribution in [3.05, 3.63) is 66.2 Å². The third-order valence-corrected chi connectivity index (χ3v) is 5.38. The van der Waals surface area contributed by atoms with Gasteiger partial charge in [-0.2, -0.15) is 10.2 Å². The van der Waals surface area contributed by atoms with Crippen molar-refractivity contribution in [1.82, 2.24) is 23.9 Å². The van der Waals surface area contributed by atoms with E-state index in [0.29, 0.717) is 39.5 Å². The average Bonchev–Trinajstić information content (AvgIpc) is 3.43. The van der Waals surface area contributed by atoms with E-state index in [1.165, 1.54) is 11.7 Å². The van der Waals surface area contributed by atoms with E-state index in [2.05, 4.69) is 16.0 Å². The molecule has 0 fully saturated rings. The Morgan fingerprint density at radius 1 is 1.06 bits per heavy atom. The van der Waals surface area contributed by atoms with Crippen molar-refractivity contribution in [1.29, 1.82) is 5.26 Å². The summed E-state index contributed by atoms with van der Waals surface area (Å²) >= 11 is 0. The maximum absolute atomic E-state index is 13.3. The molecule has 32 heavy (non-hydrogen) atoms. The smallest absolute Gasteiger partial charge is 0.302 e. The number of nitriles is 1. The molecule has 7 nitrogen and oxygen atoms in total. The molecule has 0 N–H and O–H groups in total. The van der Waals surface area contributed by atoms with Gasteiger partial charge in [0.25, 0.3) is 6.43 Å². The van der Waals surface area contributed by atoms with E-state index in [9.17, 15) is 8.78 Å². The Kier molecular flexibility index (Phi) is 4.56. The number of aromatic nitrogens is 5. The standard InChI is InChI=1S/C23H16F2N6O/c1-30-17-8-7-15(11-16(17)28-22(30)20(24)25)18-19(14-5-3-13(12-26)4-6-14)29-23(32-2)31-10-9-27-21(18)31/h3-11,20H,1-2H3. The highest BCUT2D eigenvalue weighted by atomic mass is 19.3. The summed E-state index contributed by atoms with van der Waals surface area (Å²) in [6.07, 6.45) is 0.702. The lowest BCUT2D eigenvalue weighted by Crippen LogP contribution is -2.02. The minimum atomic E-state index is -2.67. The molecule has 0 spiro atoms. The maximum atomic E-state index is 13.3. The SMILES string of the molecule is COc1nc(-c2ccc(C#N)cc2)c(-c2ccc3c(c2)nc(C(F)F)n3C)c2nccn12. The molecular weight excluding hydrogens is 414 g/mol. The topological polar surface area (TPSA) is 81.0 Å². The first-order chi connectivity index (χ1) is 15.5. The van der Waals surface area contributed by atoms with Crippen molar-refractivity contribution >= 4 is 16.7 Å². The van der Waals surface area contributed by atoms with E-state index in [4.69, 9.17) is 15.0 Å². The molecule has 2 aromatic carbocycles. The molecule has 0 amide bonds. The van der Waals surface area contributed by atoms with Crippen molar-refractivity contribution in [2.75, 3.05) is 7.11 Å². The Bertz CT molecular complexity index is 1510. The van der Waals surface area contributed by atoms with E-state index in [0.717, 1.165) is 11.1 Å². The van der Waals surface area contributed by atoms with Gasteiger partial charge in [-0.25, -0.2) is 18.7 Å². The quantitative estimate of drug-likeness (QED) is 0.410. The predicted molar refractivity (Wildman–Crippen MR) is 114 cm³/mol. The highest BCUT2D eigenvalue weighted by Crippen LogP contribution is 2.37. The zero-order valence-corrected chi connectivity index (χ0v) is 17.1. The summed E-state index contributed by atoms with van der Waals surface area (Å²) in [5.74, 6) is -0.289. The number of halogens is 2. The number of fused-ring (bicyclic) bond motifs is 2. The van der Waals surface area contributed by atoms with Crippen LogP contribution >= 0.6 is 0 Å². The number of methoxy groups -OCH3 is 1.